The first-order valence-corrected chi connectivity index (χ1v) is 6.53. The molecule has 0 unspecified atom stereocenters. The Bertz CT molecular complexity index is 499. The highest BCUT2D eigenvalue weighted by Gasteiger charge is 2.37. The molecule has 1 aromatic carbocycles. The maximum atomic E-state index is 11.8. The van der Waals surface area contributed by atoms with Crippen molar-refractivity contribution in [3.63, 3.8) is 0 Å². The third-order valence-electron chi connectivity index (χ3n) is 3.70. The Morgan fingerprint density at radius 1 is 1.47 bits per heavy atom. The molecule has 0 aromatic heterocycles. The molecule has 1 aliphatic carbocycles. The first kappa shape index (κ1) is 13.4. The van der Waals surface area contributed by atoms with Crippen molar-refractivity contribution in [1.82, 2.24) is 5.32 Å². The monoisotopic (exact) mass is 258 g/mol. The zero-order chi connectivity index (χ0) is 13.7. The number of hydrogen-bond acceptors (Lipinski definition) is 3. The van der Waals surface area contributed by atoms with Crippen LogP contribution >= 0.6 is 0 Å². The number of methoxy groups -OCH3 is 1. The van der Waals surface area contributed by atoms with E-state index < -0.39 is 0 Å². The highest BCUT2D eigenvalue weighted by molar-refractivity contribution is 5.79. The number of nitrogens with one attached hydrogen (secondary N) is 1. The van der Waals surface area contributed by atoms with Crippen LogP contribution in [0.1, 0.15) is 37.7 Å². The average molecular weight is 258 g/mol. The topological polar surface area (TPSA) is 62.1 Å². The van der Waals surface area contributed by atoms with Crippen molar-refractivity contribution in [3.05, 3.63) is 29.8 Å². The number of nitriles is 1. The van der Waals surface area contributed by atoms with Crippen LogP contribution in [0.15, 0.2) is 24.3 Å². The summed E-state index contributed by atoms with van der Waals surface area (Å²) in [6.45, 7) is 0. The number of nitrogens with zero attached hydrogens (tertiary/aromatic N) is 1. The standard InChI is InChI=1S/C15H18N2O2/c1-19-13-6-4-5-12(11-13)15(8-2-3-9-15)17-14(18)7-10-16/h4-6,11H,2-3,7-9H2,1H3,(H,17,18). The van der Waals surface area contributed by atoms with Crippen molar-refractivity contribution < 1.29 is 9.53 Å². The Morgan fingerprint density at radius 3 is 2.84 bits per heavy atom. The van der Waals surface area contributed by atoms with E-state index in [1.807, 2.05) is 30.3 Å². The summed E-state index contributed by atoms with van der Waals surface area (Å²) in [5.74, 6) is 0.588. The summed E-state index contributed by atoms with van der Waals surface area (Å²) in [6, 6.07) is 9.71. The van der Waals surface area contributed by atoms with Crippen molar-refractivity contribution >= 4 is 5.91 Å². The highest BCUT2D eigenvalue weighted by atomic mass is 16.5. The molecule has 0 aliphatic heterocycles. The summed E-state index contributed by atoms with van der Waals surface area (Å²) < 4.78 is 5.25. The van der Waals surface area contributed by atoms with Gasteiger partial charge in [0.05, 0.1) is 18.7 Å². The largest absolute Gasteiger partial charge is 0.497 e. The van der Waals surface area contributed by atoms with Gasteiger partial charge in [-0.15, -0.1) is 0 Å². The van der Waals surface area contributed by atoms with E-state index in [4.69, 9.17) is 10.00 Å². The summed E-state index contributed by atoms with van der Waals surface area (Å²) in [6.07, 6.45) is 3.91. The van der Waals surface area contributed by atoms with Gasteiger partial charge in [0.1, 0.15) is 12.2 Å². The fourth-order valence-corrected chi connectivity index (χ4v) is 2.77. The first-order chi connectivity index (χ1) is 9.20. The van der Waals surface area contributed by atoms with E-state index in [2.05, 4.69) is 5.32 Å². The van der Waals surface area contributed by atoms with Gasteiger partial charge in [0, 0.05) is 0 Å². The number of carbonyl (C=O) groups excluding carboxylic acids is 1. The molecule has 0 saturated heterocycles. The maximum absolute atomic E-state index is 11.8. The number of rotatable bonds is 4. The molecule has 4 nitrogen and oxygen atoms in total. The molecule has 100 valence electrons. The lowest BCUT2D eigenvalue weighted by Crippen LogP contribution is -2.43. The maximum Gasteiger partial charge on any atom is 0.234 e. The fraction of sp³-hybridized carbons (Fsp3) is 0.467. The van der Waals surface area contributed by atoms with Crippen LogP contribution in [0.4, 0.5) is 0 Å². The summed E-state index contributed by atoms with van der Waals surface area (Å²) in [4.78, 5) is 11.8. The van der Waals surface area contributed by atoms with Crippen molar-refractivity contribution in [2.24, 2.45) is 0 Å². The zero-order valence-electron chi connectivity index (χ0n) is 11.1. The molecule has 2 rings (SSSR count). The molecule has 0 heterocycles. The van der Waals surface area contributed by atoms with Crippen LogP contribution in [-0.2, 0) is 10.3 Å². The van der Waals surface area contributed by atoms with Crippen LogP contribution in [0.2, 0.25) is 0 Å². The highest BCUT2D eigenvalue weighted by Crippen LogP contribution is 2.39. The van der Waals surface area contributed by atoms with Crippen molar-refractivity contribution in [2.75, 3.05) is 7.11 Å². The van der Waals surface area contributed by atoms with Crippen LogP contribution in [0.5, 0.6) is 5.75 Å². The molecule has 1 amide bonds. The Hall–Kier alpha value is -2.02. The lowest BCUT2D eigenvalue weighted by atomic mass is 9.87. The predicted octanol–water partition coefficient (Wildman–Crippen LogP) is 2.49. The van der Waals surface area contributed by atoms with Gasteiger partial charge in [0.2, 0.25) is 5.91 Å². The first-order valence-electron chi connectivity index (χ1n) is 6.53. The lowest BCUT2D eigenvalue weighted by molar-refractivity contribution is -0.122. The molecule has 0 spiro atoms. The SMILES string of the molecule is COc1cccc(C2(NC(=O)CC#N)CCCC2)c1. The summed E-state index contributed by atoms with van der Waals surface area (Å²) in [5, 5.41) is 11.7. The van der Waals surface area contributed by atoms with Gasteiger partial charge in [0.25, 0.3) is 0 Å². The number of ether oxygens (including phenoxy) is 1. The molecule has 1 saturated carbocycles. The van der Waals surface area contributed by atoms with Gasteiger partial charge in [-0.3, -0.25) is 4.79 Å². The molecule has 0 atom stereocenters. The molecular weight excluding hydrogens is 240 g/mol. The van der Waals surface area contributed by atoms with Crippen LogP contribution in [0, 0.1) is 11.3 Å². The Balaban J connectivity index is 2.28. The summed E-state index contributed by atoms with van der Waals surface area (Å²) in [7, 11) is 1.63. The molecule has 1 N–H and O–H groups in total. The number of carbonyl (C=O) groups is 1. The van der Waals surface area contributed by atoms with Gasteiger partial charge in [-0.05, 0) is 30.5 Å². The lowest BCUT2D eigenvalue weighted by Gasteiger charge is -2.31. The molecular formula is C15H18N2O2. The predicted molar refractivity (Wildman–Crippen MR) is 71.5 cm³/mol. The van der Waals surface area contributed by atoms with E-state index in [9.17, 15) is 4.79 Å². The Morgan fingerprint density at radius 2 is 2.21 bits per heavy atom. The average Bonchev–Trinajstić information content (AvgIpc) is 2.89. The Kier molecular flexibility index (Phi) is 4.06. The molecule has 19 heavy (non-hydrogen) atoms. The van der Waals surface area contributed by atoms with Crippen molar-refractivity contribution in [1.29, 1.82) is 5.26 Å². The number of amides is 1. The smallest absolute Gasteiger partial charge is 0.234 e. The van der Waals surface area contributed by atoms with Gasteiger partial charge >= 0.3 is 0 Å². The third kappa shape index (κ3) is 2.87. The minimum atomic E-state index is -0.331. The van der Waals surface area contributed by atoms with Crippen molar-refractivity contribution in [2.45, 2.75) is 37.6 Å². The normalized spacial score (nSPS) is 16.6. The van der Waals surface area contributed by atoms with E-state index in [0.717, 1.165) is 37.0 Å². The van der Waals surface area contributed by atoms with Gasteiger partial charge < -0.3 is 10.1 Å². The zero-order valence-corrected chi connectivity index (χ0v) is 11.1. The number of hydrogen-bond donors (Lipinski definition) is 1. The van der Waals surface area contributed by atoms with Gasteiger partial charge in [-0.1, -0.05) is 25.0 Å². The minimum Gasteiger partial charge on any atom is -0.497 e. The molecule has 0 bridgehead atoms. The Labute approximate surface area is 113 Å². The van der Waals surface area contributed by atoms with E-state index in [1.54, 1.807) is 7.11 Å². The van der Waals surface area contributed by atoms with Crippen molar-refractivity contribution in [3.8, 4) is 11.8 Å². The molecule has 0 radical (unpaired) electrons. The second kappa shape index (κ2) is 5.75. The minimum absolute atomic E-state index is 0.0915. The summed E-state index contributed by atoms with van der Waals surface area (Å²) in [5.41, 5.74) is 0.735. The third-order valence-corrected chi connectivity index (χ3v) is 3.70. The van der Waals surface area contributed by atoms with E-state index in [0.29, 0.717) is 0 Å². The molecule has 1 aromatic rings. The molecule has 4 heteroatoms. The van der Waals surface area contributed by atoms with Crippen LogP contribution in [0.25, 0.3) is 0 Å². The van der Waals surface area contributed by atoms with Crippen LogP contribution < -0.4 is 10.1 Å². The number of benzene rings is 1. The van der Waals surface area contributed by atoms with E-state index in [-0.39, 0.29) is 17.9 Å². The van der Waals surface area contributed by atoms with Crippen LogP contribution in [0.3, 0.4) is 0 Å². The molecule has 1 fully saturated rings. The fourth-order valence-electron chi connectivity index (χ4n) is 2.77. The van der Waals surface area contributed by atoms with Gasteiger partial charge in [-0.2, -0.15) is 5.26 Å². The van der Waals surface area contributed by atoms with Gasteiger partial charge in [0.15, 0.2) is 0 Å². The van der Waals surface area contributed by atoms with E-state index >= 15 is 0 Å². The molecule has 1 aliphatic rings. The van der Waals surface area contributed by atoms with Crippen LogP contribution in [-0.4, -0.2) is 13.0 Å². The van der Waals surface area contributed by atoms with Gasteiger partial charge in [-0.25, -0.2) is 0 Å². The summed E-state index contributed by atoms with van der Waals surface area (Å²) >= 11 is 0. The quantitative estimate of drug-likeness (QED) is 0.902. The second-order valence-electron chi connectivity index (χ2n) is 4.90. The van der Waals surface area contributed by atoms with E-state index in [1.165, 1.54) is 0 Å². The second-order valence-corrected chi connectivity index (χ2v) is 4.90.